The molecule has 3 N–H and O–H groups in total. The zero-order valence-electron chi connectivity index (χ0n) is 9.47. The second kappa shape index (κ2) is 4.60. The monoisotopic (exact) mass is 285 g/mol. The fourth-order valence-corrected chi connectivity index (χ4v) is 2.42. The molecular formula is C12H9F2NO3S. The second-order valence-corrected chi connectivity index (χ2v) is 5.24. The molecule has 4 nitrogen and oxygen atoms in total. The van der Waals surface area contributed by atoms with Gasteiger partial charge in [-0.25, -0.2) is 8.78 Å². The van der Waals surface area contributed by atoms with Gasteiger partial charge in [-0.05, 0) is 30.3 Å². The van der Waals surface area contributed by atoms with Crippen LogP contribution in [0, 0.1) is 11.6 Å². The molecule has 0 saturated carbocycles. The van der Waals surface area contributed by atoms with Crippen LogP contribution in [0.5, 0.6) is 0 Å². The Morgan fingerprint density at radius 2 is 1.68 bits per heavy atom. The van der Waals surface area contributed by atoms with E-state index in [1.54, 1.807) is 0 Å². The van der Waals surface area contributed by atoms with Crippen LogP contribution in [-0.2, 0) is 10.1 Å². The highest BCUT2D eigenvalue weighted by Crippen LogP contribution is 2.31. The van der Waals surface area contributed by atoms with Crippen molar-refractivity contribution in [2.45, 2.75) is 4.90 Å². The molecule has 0 spiro atoms. The van der Waals surface area contributed by atoms with Gasteiger partial charge in [0.15, 0.2) is 0 Å². The van der Waals surface area contributed by atoms with E-state index in [1.165, 1.54) is 12.1 Å². The highest BCUT2D eigenvalue weighted by molar-refractivity contribution is 7.86. The van der Waals surface area contributed by atoms with Crippen LogP contribution < -0.4 is 5.73 Å². The van der Waals surface area contributed by atoms with Crippen molar-refractivity contribution < 1.29 is 21.8 Å². The third-order valence-electron chi connectivity index (χ3n) is 2.50. The standard InChI is InChI=1S/C12H9F2NO3S/c13-7-1-4-11(14)10(5-7)9-3-2-8(15)6-12(9)19(16,17)18/h1-6H,15H2,(H,16,17,18). The number of hydrogen-bond acceptors (Lipinski definition) is 3. The van der Waals surface area contributed by atoms with Crippen LogP contribution in [0.2, 0.25) is 0 Å². The van der Waals surface area contributed by atoms with Gasteiger partial charge in [0.2, 0.25) is 0 Å². The van der Waals surface area contributed by atoms with Gasteiger partial charge in [0.05, 0.1) is 0 Å². The first-order valence-electron chi connectivity index (χ1n) is 5.11. The van der Waals surface area contributed by atoms with E-state index in [2.05, 4.69) is 0 Å². The van der Waals surface area contributed by atoms with Gasteiger partial charge in [0, 0.05) is 16.8 Å². The average Bonchev–Trinajstić information content (AvgIpc) is 2.31. The number of hydrogen-bond donors (Lipinski definition) is 2. The summed E-state index contributed by atoms with van der Waals surface area (Å²) >= 11 is 0. The van der Waals surface area contributed by atoms with Crippen molar-refractivity contribution >= 4 is 15.8 Å². The van der Waals surface area contributed by atoms with Crippen molar-refractivity contribution in [3.63, 3.8) is 0 Å². The first kappa shape index (κ1) is 13.4. The maximum atomic E-state index is 13.6. The molecule has 0 aromatic heterocycles. The van der Waals surface area contributed by atoms with Crippen molar-refractivity contribution in [1.29, 1.82) is 0 Å². The Morgan fingerprint density at radius 3 is 2.32 bits per heavy atom. The molecule has 0 aliphatic heterocycles. The van der Waals surface area contributed by atoms with E-state index in [0.717, 1.165) is 24.3 Å². The minimum atomic E-state index is -4.60. The zero-order valence-corrected chi connectivity index (χ0v) is 10.3. The Bertz CT molecular complexity index is 745. The van der Waals surface area contributed by atoms with Gasteiger partial charge in [-0.15, -0.1) is 0 Å². The van der Waals surface area contributed by atoms with Crippen LogP contribution in [0.1, 0.15) is 0 Å². The Kier molecular flexibility index (Phi) is 3.25. The quantitative estimate of drug-likeness (QED) is 0.656. The molecule has 0 saturated heterocycles. The molecule has 7 heteroatoms. The van der Waals surface area contributed by atoms with Crippen LogP contribution in [-0.4, -0.2) is 13.0 Å². The normalized spacial score (nSPS) is 11.5. The lowest BCUT2D eigenvalue weighted by Crippen LogP contribution is -2.03. The summed E-state index contributed by atoms with van der Waals surface area (Å²) in [5.41, 5.74) is 5.07. The Hall–Kier alpha value is -1.99. The third-order valence-corrected chi connectivity index (χ3v) is 3.40. The van der Waals surface area contributed by atoms with Crippen LogP contribution >= 0.6 is 0 Å². The first-order chi connectivity index (χ1) is 8.79. The van der Waals surface area contributed by atoms with Crippen molar-refractivity contribution in [2.75, 3.05) is 5.73 Å². The lowest BCUT2D eigenvalue weighted by Gasteiger charge is -2.09. The molecule has 2 rings (SSSR count). The highest BCUT2D eigenvalue weighted by atomic mass is 32.2. The lowest BCUT2D eigenvalue weighted by atomic mass is 10.0. The highest BCUT2D eigenvalue weighted by Gasteiger charge is 2.19. The minimum absolute atomic E-state index is 0.0770. The van der Waals surface area contributed by atoms with Gasteiger partial charge in [-0.3, -0.25) is 4.55 Å². The van der Waals surface area contributed by atoms with Crippen molar-refractivity contribution in [3.05, 3.63) is 48.0 Å². The average molecular weight is 285 g/mol. The topological polar surface area (TPSA) is 80.4 Å². The van der Waals surface area contributed by atoms with E-state index < -0.39 is 26.6 Å². The maximum absolute atomic E-state index is 13.6. The SMILES string of the molecule is Nc1ccc(-c2cc(F)ccc2F)c(S(=O)(=O)O)c1. The molecule has 0 bridgehead atoms. The zero-order chi connectivity index (χ0) is 14.2. The van der Waals surface area contributed by atoms with Crippen LogP contribution in [0.15, 0.2) is 41.3 Å². The van der Waals surface area contributed by atoms with E-state index in [4.69, 9.17) is 10.3 Å². The summed E-state index contributed by atoms with van der Waals surface area (Å²) in [7, 11) is -4.60. The van der Waals surface area contributed by atoms with Crippen LogP contribution in [0.3, 0.4) is 0 Å². The second-order valence-electron chi connectivity index (χ2n) is 3.85. The predicted molar refractivity (Wildman–Crippen MR) is 66.0 cm³/mol. The molecule has 0 amide bonds. The molecule has 0 heterocycles. The lowest BCUT2D eigenvalue weighted by molar-refractivity contribution is 0.483. The maximum Gasteiger partial charge on any atom is 0.295 e. The number of benzene rings is 2. The molecule has 19 heavy (non-hydrogen) atoms. The van der Waals surface area contributed by atoms with Gasteiger partial charge >= 0.3 is 0 Å². The molecule has 0 atom stereocenters. The number of anilines is 1. The Labute approximate surface area is 108 Å². The molecular weight excluding hydrogens is 276 g/mol. The molecule has 0 aliphatic carbocycles. The Balaban J connectivity index is 2.79. The molecule has 100 valence electrons. The van der Waals surface area contributed by atoms with Gasteiger partial charge in [0.25, 0.3) is 10.1 Å². The summed E-state index contributed by atoms with van der Waals surface area (Å²) in [6, 6.07) is 6.13. The molecule has 2 aromatic carbocycles. The summed E-state index contributed by atoms with van der Waals surface area (Å²) < 4.78 is 58.4. The van der Waals surface area contributed by atoms with E-state index in [0.29, 0.717) is 0 Å². The summed E-state index contributed by atoms with van der Waals surface area (Å²) in [6.45, 7) is 0. The van der Waals surface area contributed by atoms with Gasteiger partial charge in [-0.1, -0.05) is 6.07 Å². The fraction of sp³-hybridized carbons (Fsp3) is 0. The predicted octanol–water partition coefficient (Wildman–Crippen LogP) is 2.46. The molecule has 0 aliphatic rings. The van der Waals surface area contributed by atoms with Crippen molar-refractivity contribution in [1.82, 2.24) is 0 Å². The molecule has 0 radical (unpaired) electrons. The smallest absolute Gasteiger partial charge is 0.295 e. The molecule has 2 aromatic rings. The summed E-state index contributed by atoms with van der Waals surface area (Å²) in [4.78, 5) is -0.572. The minimum Gasteiger partial charge on any atom is -0.399 e. The number of halogens is 2. The van der Waals surface area contributed by atoms with Gasteiger partial charge < -0.3 is 5.73 Å². The summed E-state index contributed by atoms with van der Waals surface area (Å²) in [6.07, 6.45) is 0. The van der Waals surface area contributed by atoms with E-state index >= 15 is 0 Å². The van der Waals surface area contributed by atoms with Crippen LogP contribution in [0.4, 0.5) is 14.5 Å². The van der Waals surface area contributed by atoms with Crippen LogP contribution in [0.25, 0.3) is 11.1 Å². The number of rotatable bonds is 2. The van der Waals surface area contributed by atoms with E-state index in [1.807, 2.05) is 0 Å². The number of nitrogen functional groups attached to an aromatic ring is 1. The Morgan fingerprint density at radius 1 is 1.00 bits per heavy atom. The third kappa shape index (κ3) is 2.72. The van der Waals surface area contributed by atoms with E-state index in [-0.39, 0.29) is 16.8 Å². The molecule has 0 fully saturated rings. The van der Waals surface area contributed by atoms with Crippen molar-refractivity contribution in [2.24, 2.45) is 0 Å². The first-order valence-corrected chi connectivity index (χ1v) is 6.55. The number of nitrogens with two attached hydrogens (primary N) is 1. The van der Waals surface area contributed by atoms with E-state index in [9.17, 15) is 17.2 Å². The summed E-state index contributed by atoms with van der Waals surface area (Å²) in [5, 5.41) is 0. The van der Waals surface area contributed by atoms with Gasteiger partial charge in [-0.2, -0.15) is 8.42 Å². The molecule has 0 unspecified atom stereocenters. The van der Waals surface area contributed by atoms with Gasteiger partial charge in [0.1, 0.15) is 16.5 Å². The largest absolute Gasteiger partial charge is 0.399 e. The summed E-state index contributed by atoms with van der Waals surface area (Å²) in [5.74, 6) is -1.54. The fourth-order valence-electron chi connectivity index (χ4n) is 1.68. The van der Waals surface area contributed by atoms with Crippen molar-refractivity contribution in [3.8, 4) is 11.1 Å².